The van der Waals surface area contributed by atoms with Crippen LogP contribution in [-0.2, 0) is 17.9 Å². The van der Waals surface area contributed by atoms with Crippen LogP contribution < -0.4 is 5.73 Å². The largest absolute Gasteiger partial charge is 0.369 e. The average Bonchev–Trinajstić information content (AvgIpc) is 2.46. The molecule has 1 aromatic heterocycles. The summed E-state index contributed by atoms with van der Waals surface area (Å²) in [6, 6.07) is 14.1. The fraction of sp³-hybridized carbons (Fsp3) is 0.267. The Balaban J connectivity index is 1.99. The Labute approximate surface area is 108 Å². The van der Waals surface area contributed by atoms with Crippen LogP contribution in [0.5, 0.6) is 0 Å². The van der Waals surface area contributed by atoms with Crippen LogP contribution in [0.2, 0.25) is 0 Å². The summed E-state index contributed by atoms with van der Waals surface area (Å²) in [6.45, 7) is 3.03. The van der Waals surface area contributed by atoms with Gasteiger partial charge in [-0.05, 0) is 18.6 Å². The third-order valence-corrected chi connectivity index (χ3v) is 2.94. The highest BCUT2D eigenvalue weighted by molar-refractivity contribution is 5.20. The van der Waals surface area contributed by atoms with Crippen LogP contribution in [-0.4, -0.2) is 4.98 Å². The average molecular weight is 242 g/mol. The lowest BCUT2D eigenvalue weighted by molar-refractivity contribution is 0.0519. The normalized spacial score (nSPS) is 12.3. The van der Waals surface area contributed by atoms with E-state index in [-0.39, 0.29) is 6.10 Å². The zero-order valence-corrected chi connectivity index (χ0v) is 10.5. The van der Waals surface area contributed by atoms with Crippen LogP contribution in [0.4, 0.5) is 0 Å². The van der Waals surface area contributed by atoms with Gasteiger partial charge in [-0.1, -0.05) is 36.4 Å². The van der Waals surface area contributed by atoms with Gasteiger partial charge in [-0.15, -0.1) is 0 Å². The number of hydrogen-bond donors (Lipinski definition) is 1. The molecule has 94 valence electrons. The summed E-state index contributed by atoms with van der Waals surface area (Å²) < 4.78 is 5.86. The van der Waals surface area contributed by atoms with Crippen molar-refractivity contribution in [3.8, 4) is 0 Å². The van der Waals surface area contributed by atoms with Crippen LogP contribution >= 0.6 is 0 Å². The number of hydrogen-bond acceptors (Lipinski definition) is 3. The first kappa shape index (κ1) is 12.7. The van der Waals surface area contributed by atoms with Crippen LogP contribution in [0.3, 0.4) is 0 Å². The fourth-order valence-corrected chi connectivity index (χ4v) is 1.82. The van der Waals surface area contributed by atoms with Crippen molar-refractivity contribution in [2.75, 3.05) is 0 Å². The van der Waals surface area contributed by atoms with Gasteiger partial charge in [0.15, 0.2) is 0 Å². The van der Waals surface area contributed by atoms with Gasteiger partial charge in [0.2, 0.25) is 0 Å². The first-order valence-electron chi connectivity index (χ1n) is 6.10. The minimum absolute atomic E-state index is 0.0667. The minimum Gasteiger partial charge on any atom is -0.369 e. The Kier molecular flexibility index (Phi) is 4.45. The second kappa shape index (κ2) is 6.28. The molecule has 2 aromatic rings. The van der Waals surface area contributed by atoms with Gasteiger partial charge in [-0.25, -0.2) is 0 Å². The number of nitrogens with two attached hydrogens (primary N) is 1. The molecule has 0 saturated carbocycles. The summed E-state index contributed by atoms with van der Waals surface area (Å²) in [7, 11) is 0. The quantitative estimate of drug-likeness (QED) is 0.877. The Morgan fingerprint density at radius 2 is 1.94 bits per heavy atom. The van der Waals surface area contributed by atoms with Gasteiger partial charge >= 0.3 is 0 Å². The van der Waals surface area contributed by atoms with E-state index in [0.29, 0.717) is 13.2 Å². The molecule has 3 heteroatoms. The molecule has 0 radical (unpaired) electrons. The number of pyridine rings is 1. The summed E-state index contributed by atoms with van der Waals surface area (Å²) in [5.74, 6) is 0. The molecule has 0 aliphatic heterocycles. The lowest BCUT2D eigenvalue weighted by Gasteiger charge is -2.14. The summed E-state index contributed by atoms with van der Waals surface area (Å²) in [5.41, 5.74) is 8.79. The van der Waals surface area contributed by atoms with Gasteiger partial charge in [0.05, 0.1) is 18.4 Å². The van der Waals surface area contributed by atoms with Crippen molar-refractivity contribution in [1.29, 1.82) is 0 Å². The molecule has 0 aliphatic rings. The topological polar surface area (TPSA) is 48.1 Å². The maximum Gasteiger partial charge on any atom is 0.0801 e. The lowest BCUT2D eigenvalue weighted by atomic mass is 10.1. The Hall–Kier alpha value is -1.71. The smallest absolute Gasteiger partial charge is 0.0801 e. The fourth-order valence-electron chi connectivity index (χ4n) is 1.82. The Morgan fingerprint density at radius 1 is 1.17 bits per heavy atom. The summed E-state index contributed by atoms with van der Waals surface area (Å²) >= 11 is 0. The molecular formula is C15H18N2O. The number of nitrogens with zero attached hydrogens (tertiary/aromatic N) is 1. The standard InChI is InChI=1S/C15H18N2O/c1-12(13-6-3-2-4-7-13)18-11-14-8-5-9-17-15(14)10-16/h2-9,12H,10-11,16H2,1H3. The molecule has 18 heavy (non-hydrogen) atoms. The van der Waals surface area contributed by atoms with Crippen LogP contribution in [0.1, 0.15) is 29.8 Å². The molecule has 3 nitrogen and oxygen atoms in total. The SMILES string of the molecule is CC(OCc1cccnc1CN)c1ccccc1. The van der Waals surface area contributed by atoms with Gasteiger partial charge in [0.1, 0.15) is 0 Å². The highest BCUT2D eigenvalue weighted by Gasteiger charge is 2.07. The number of benzene rings is 1. The third kappa shape index (κ3) is 3.15. The van der Waals surface area contributed by atoms with Crippen LogP contribution in [0.15, 0.2) is 48.7 Å². The van der Waals surface area contributed by atoms with E-state index in [2.05, 4.69) is 17.1 Å². The van der Waals surface area contributed by atoms with Gasteiger partial charge < -0.3 is 10.5 Å². The zero-order chi connectivity index (χ0) is 12.8. The maximum absolute atomic E-state index is 5.86. The van der Waals surface area contributed by atoms with Gasteiger partial charge in [0, 0.05) is 18.3 Å². The molecule has 1 unspecified atom stereocenters. The van der Waals surface area contributed by atoms with E-state index in [1.165, 1.54) is 5.56 Å². The summed E-state index contributed by atoms with van der Waals surface area (Å²) in [5, 5.41) is 0. The molecule has 1 aromatic carbocycles. The van der Waals surface area contributed by atoms with Crippen LogP contribution in [0, 0.1) is 0 Å². The summed E-state index contributed by atoms with van der Waals surface area (Å²) in [4.78, 5) is 4.24. The first-order chi connectivity index (χ1) is 8.81. The molecule has 0 spiro atoms. The summed E-state index contributed by atoms with van der Waals surface area (Å²) in [6.07, 6.45) is 1.82. The molecule has 1 heterocycles. The predicted octanol–water partition coefficient (Wildman–Crippen LogP) is 2.82. The van der Waals surface area contributed by atoms with Crippen molar-refractivity contribution in [3.63, 3.8) is 0 Å². The second-order valence-corrected chi connectivity index (χ2v) is 4.18. The second-order valence-electron chi connectivity index (χ2n) is 4.18. The molecule has 1 atom stereocenters. The van der Waals surface area contributed by atoms with E-state index in [9.17, 15) is 0 Å². The van der Waals surface area contributed by atoms with E-state index in [1.807, 2.05) is 37.3 Å². The van der Waals surface area contributed by atoms with E-state index in [4.69, 9.17) is 10.5 Å². The zero-order valence-electron chi connectivity index (χ0n) is 10.5. The molecule has 0 bridgehead atoms. The number of ether oxygens (including phenoxy) is 1. The monoisotopic (exact) mass is 242 g/mol. The molecule has 0 fully saturated rings. The first-order valence-corrected chi connectivity index (χ1v) is 6.10. The minimum atomic E-state index is 0.0667. The van der Waals surface area contributed by atoms with E-state index in [0.717, 1.165) is 11.3 Å². The Bertz CT molecular complexity index is 485. The van der Waals surface area contributed by atoms with Crippen molar-refractivity contribution >= 4 is 0 Å². The molecule has 2 rings (SSSR count). The molecule has 0 amide bonds. The van der Waals surface area contributed by atoms with Crippen molar-refractivity contribution in [3.05, 3.63) is 65.5 Å². The van der Waals surface area contributed by atoms with Gasteiger partial charge in [-0.2, -0.15) is 0 Å². The third-order valence-electron chi connectivity index (χ3n) is 2.94. The van der Waals surface area contributed by atoms with Crippen molar-refractivity contribution in [2.45, 2.75) is 26.2 Å². The van der Waals surface area contributed by atoms with Gasteiger partial charge in [-0.3, -0.25) is 4.98 Å². The molecular weight excluding hydrogens is 224 g/mol. The predicted molar refractivity (Wildman–Crippen MR) is 71.8 cm³/mol. The van der Waals surface area contributed by atoms with Crippen molar-refractivity contribution < 1.29 is 4.74 Å². The molecule has 2 N–H and O–H groups in total. The molecule has 0 aliphatic carbocycles. The van der Waals surface area contributed by atoms with Crippen molar-refractivity contribution in [2.24, 2.45) is 5.73 Å². The maximum atomic E-state index is 5.86. The highest BCUT2D eigenvalue weighted by atomic mass is 16.5. The lowest BCUT2D eigenvalue weighted by Crippen LogP contribution is -2.07. The number of aromatic nitrogens is 1. The van der Waals surface area contributed by atoms with Crippen molar-refractivity contribution in [1.82, 2.24) is 4.98 Å². The highest BCUT2D eigenvalue weighted by Crippen LogP contribution is 2.18. The van der Waals surface area contributed by atoms with E-state index >= 15 is 0 Å². The number of rotatable bonds is 5. The van der Waals surface area contributed by atoms with E-state index in [1.54, 1.807) is 6.20 Å². The van der Waals surface area contributed by atoms with E-state index < -0.39 is 0 Å². The van der Waals surface area contributed by atoms with Crippen LogP contribution in [0.25, 0.3) is 0 Å². The molecule has 0 saturated heterocycles. The van der Waals surface area contributed by atoms with Gasteiger partial charge in [0.25, 0.3) is 0 Å². The Morgan fingerprint density at radius 3 is 2.67 bits per heavy atom.